The molecule has 2 atom stereocenters. The molecule has 0 radical (unpaired) electrons. The molecule has 2 unspecified atom stereocenters. The molecule has 0 aromatic heterocycles. The fourth-order valence-electron chi connectivity index (χ4n) is 2.25. The number of morpholine rings is 1. The zero-order valence-electron chi connectivity index (χ0n) is 11.3. The maximum atomic E-state index is 11.8. The Morgan fingerprint density at radius 1 is 1.53 bits per heavy atom. The number of carbonyl (C=O) groups excluding carboxylic acids is 1. The number of likely N-dealkylation sites (N-methyl/N-ethyl adjacent to an activating group) is 1. The average molecular weight is 244 g/mol. The van der Waals surface area contributed by atoms with Crippen molar-refractivity contribution in [2.45, 2.75) is 31.8 Å². The molecule has 1 saturated heterocycles. The maximum Gasteiger partial charge on any atom is 0.325 e. The Morgan fingerprint density at radius 3 is 2.59 bits per heavy atom. The number of rotatable bonds is 5. The van der Waals surface area contributed by atoms with Crippen LogP contribution in [0.25, 0.3) is 0 Å². The van der Waals surface area contributed by atoms with Gasteiger partial charge in [0.05, 0.1) is 20.3 Å². The second-order valence-electron chi connectivity index (χ2n) is 4.78. The largest absolute Gasteiger partial charge is 0.468 e. The van der Waals surface area contributed by atoms with Gasteiger partial charge in [0.2, 0.25) is 0 Å². The van der Waals surface area contributed by atoms with Crippen LogP contribution in [0, 0.1) is 0 Å². The fourth-order valence-corrected chi connectivity index (χ4v) is 2.25. The number of ether oxygens (including phenoxy) is 2. The van der Waals surface area contributed by atoms with Crippen molar-refractivity contribution in [2.24, 2.45) is 0 Å². The van der Waals surface area contributed by atoms with Gasteiger partial charge in [-0.3, -0.25) is 9.69 Å². The van der Waals surface area contributed by atoms with Gasteiger partial charge < -0.3 is 14.8 Å². The number of carbonyl (C=O) groups is 1. The van der Waals surface area contributed by atoms with Gasteiger partial charge in [-0.2, -0.15) is 0 Å². The molecule has 0 spiro atoms. The predicted molar refractivity (Wildman–Crippen MR) is 66.0 cm³/mol. The molecule has 0 aromatic rings. The first kappa shape index (κ1) is 14.4. The lowest BCUT2D eigenvalue weighted by Gasteiger charge is -2.37. The van der Waals surface area contributed by atoms with Gasteiger partial charge in [-0.15, -0.1) is 0 Å². The second kappa shape index (κ2) is 6.33. The summed E-state index contributed by atoms with van der Waals surface area (Å²) in [5.41, 5.74) is -0.619. The van der Waals surface area contributed by atoms with Gasteiger partial charge in [-0.05, 0) is 27.3 Å². The van der Waals surface area contributed by atoms with Gasteiger partial charge >= 0.3 is 5.97 Å². The van der Waals surface area contributed by atoms with Gasteiger partial charge in [-0.1, -0.05) is 0 Å². The van der Waals surface area contributed by atoms with E-state index in [9.17, 15) is 4.79 Å². The molecule has 100 valence electrons. The third-order valence-electron chi connectivity index (χ3n) is 3.56. The standard InChI is InChI=1S/C12H24N2O3/c1-10(14-5-7-17-8-6-14)9-12(2,13-3)11(15)16-4/h10,13H,5-9H2,1-4H3. The van der Waals surface area contributed by atoms with Crippen LogP contribution in [-0.4, -0.2) is 62.9 Å². The van der Waals surface area contributed by atoms with Crippen LogP contribution in [0.3, 0.4) is 0 Å². The van der Waals surface area contributed by atoms with Crippen molar-refractivity contribution < 1.29 is 14.3 Å². The monoisotopic (exact) mass is 244 g/mol. The highest BCUT2D eigenvalue weighted by Gasteiger charge is 2.35. The summed E-state index contributed by atoms with van der Waals surface area (Å²) in [6, 6.07) is 0.329. The van der Waals surface area contributed by atoms with E-state index < -0.39 is 5.54 Å². The summed E-state index contributed by atoms with van der Waals surface area (Å²) in [7, 11) is 3.22. The van der Waals surface area contributed by atoms with Crippen LogP contribution in [0.2, 0.25) is 0 Å². The number of nitrogens with one attached hydrogen (secondary N) is 1. The van der Waals surface area contributed by atoms with Gasteiger partial charge in [0.25, 0.3) is 0 Å². The van der Waals surface area contributed by atoms with E-state index in [0.717, 1.165) is 32.7 Å². The minimum absolute atomic E-state index is 0.208. The van der Waals surface area contributed by atoms with Crippen molar-refractivity contribution in [3.63, 3.8) is 0 Å². The van der Waals surface area contributed by atoms with Gasteiger partial charge in [0.1, 0.15) is 5.54 Å². The number of methoxy groups -OCH3 is 1. The van der Waals surface area contributed by atoms with E-state index in [1.54, 1.807) is 7.05 Å². The van der Waals surface area contributed by atoms with Crippen LogP contribution in [0.5, 0.6) is 0 Å². The summed E-state index contributed by atoms with van der Waals surface area (Å²) < 4.78 is 10.2. The number of hydrogen-bond acceptors (Lipinski definition) is 5. The highest BCUT2D eigenvalue weighted by atomic mass is 16.5. The summed E-state index contributed by atoms with van der Waals surface area (Å²) in [6.07, 6.45) is 0.732. The van der Waals surface area contributed by atoms with Crippen molar-refractivity contribution in [3.8, 4) is 0 Å². The van der Waals surface area contributed by atoms with Crippen LogP contribution >= 0.6 is 0 Å². The van der Waals surface area contributed by atoms with E-state index in [1.807, 2.05) is 6.92 Å². The Morgan fingerprint density at radius 2 is 2.12 bits per heavy atom. The minimum atomic E-state index is -0.619. The lowest BCUT2D eigenvalue weighted by molar-refractivity contribution is -0.148. The van der Waals surface area contributed by atoms with Crippen molar-refractivity contribution in [2.75, 3.05) is 40.5 Å². The van der Waals surface area contributed by atoms with Gasteiger partial charge in [0, 0.05) is 19.1 Å². The first-order valence-electron chi connectivity index (χ1n) is 6.12. The predicted octanol–water partition coefficient (Wildman–Crippen LogP) is 0.248. The molecule has 5 heteroatoms. The lowest BCUT2D eigenvalue weighted by atomic mass is 9.93. The highest BCUT2D eigenvalue weighted by Crippen LogP contribution is 2.18. The zero-order chi connectivity index (χ0) is 12.9. The van der Waals surface area contributed by atoms with Crippen LogP contribution < -0.4 is 5.32 Å². The van der Waals surface area contributed by atoms with E-state index in [0.29, 0.717) is 6.04 Å². The number of esters is 1. The van der Waals surface area contributed by atoms with E-state index in [-0.39, 0.29) is 5.97 Å². The third kappa shape index (κ3) is 3.66. The molecule has 1 heterocycles. The van der Waals surface area contributed by atoms with Crippen molar-refractivity contribution >= 4 is 5.97 Å². The molecular weight excluding hydrogens is 220 g/mol. The van der Waals surface area contributed by atoms with Crippen LogP contribution in [-0.2, 0) is 14.3 Å². The zero-order valence-corrected chi connectivity index (χ0v) is 11.3. The number of hydrogen-bond donors (Lipinski definition) is 1. The van der Waals surface area contributed by atoms with E-state index in [1.165, 1.54) is 7.11 Å². The molecule has 1 rings (SSSR count). The first-order chi connectivity index (χ1) is 8.03. The highest BCUT2D eigenvalue weighted by molar-refractivity contribution is 5.80. The summed E-state index contributed by atoms with van der Waals surface area (Å²) in [5, 5.41) is 3.07. The maximum absolute atomic E-state index is 11.8. The molecule has 0 saturated carbocycles. The third-order valence-corrected chi connectivity index (χ3v) is 3.56. The van der Waals surface area contributed by atoms with E-state index in [4.69, 9.17) is 9.47 Å². The van der Waals surface area contributed by atoms with Crippen LogP contribution in [0.15, 0.2) is 0 Å². The second-order valence-corrected chi connectivity index (χ2v) is 4.78. The molecule has 0 aliphatic carbocycles. The van der Waals surface area contributed by atoms with Crippen molar-refractivity contribution in [1.82, 2.24) is 10.2 Å². The van der Waals surface area contributed by atoms with Crippen molar-refractivity contribution in [1.29, 1.82) is 0 Å². The Kier molecular flexibility index (Phi) is 5.36. The van der Waals surface area contributed by atoms with E-state index in [2.05, 4.69) is 17.1 Å². The first-order valence-corrected chi connectivity index (χ1v) is 6.12. The Labute approximate surface area is 103 Å². The van der Waals surface area contributed by atoms with E-state index >= 15 is 0 Å². The summed E-state index contributed by atoms with van der Waals surface area (Å²) >= 11 is 0. The minimum Gasteiger partial charge on any atom is -0.468 e. The molecular formula is C12H24N2O3. The van der Waals surface area contributed by atoms with Crippen LogP contribution in [0.4, 0.5) is 0 Å². The molecule has 1 aliphatic heterocycles. The smallest absolute Gasteiger partial charge is 0.325 e. The molecule has 1 aliphatic rings. The fraction of sp³-hybridized carbons (Fsp3) is 0.917. The summed E-state index contributed by atoms with van der Waals surface area (Å²) in [5.74, 6) is -0.208. The molecule has 5 nitrogen and oxygen atoms in total. The molecule has 1 fully saturated rings. The van der Waals surface area contributed by atoms with Gasteiger partial charge in [-0.25, -0.2) is 0 Å². The molecule has 17 heavy (non-hydrogen) atoms. The lowest BCUT2D eigenvalue weighted by Crippen LogP contribution is -2.54. The Balaban J connectivity index is 2.57. The van der Waals surface area contributed by atoms with Crippen LogP contribution in [0.1, 0.15) is 20.3 Å². The quantitative estimate of drug-likeness (QED) is 0.703. The number of nitrogens with zero attached hydrogens (tertiary/aromatic N) is 1. The summed E-state index contributed by atoms with van der Waals surface area (Å²) in [6.45, 7) is 7.45. The molecule has 0 bridgehead atoms. The Hall–Kier alpha value is -0.650. The molecule has 1 N–H and O–H groups in total. The normalized spacial score (nSPS) is 22.8. The Bertz CT molecular complexity index is 254. The molecule has 0 aromatic carbocycles. The topological polar surface area (TPSA) is 50.8 Å². The van der Waals surface area contributed by atoms with Crippen molar-refractivity contribution in [3.05, 3.63) is 0 Å². The summed E-state index contributed by atoms with van der Waals surface area (Å²) in [4.78, 5) is 14.1. The van der Waals surface area contributed by atoms with Gasteiger partial charge in [0.15, 0.2) is 0 Å². The molecule has 0 amide bonds. The SMILES string of the molecule is CNC(C)(CC(C)N1CCOCC1)C(=O)OC. The average Bonchev–Trinajstić information content (AvgIpc) is 2.38.